The Kier molecular flexibility index (Phi) is 6.57. The Labute approximate surface area is 240 Å². The molecule has 6 nitrogen and oxygen atoms in total. The molecule has 6 heteroatoms. The first-order valence-corrected chi connectivity index (χ1v) is 15.4. The molecule has 0 radical (unpaired) electrons. The number of carboxylic acid groups (broad SMARTS) is 1. The van der Waals surface area contributed by atoms with Crippen LogP contribution in [-0.2, 0) is 23.9 Å². The number of carbonyl (C=O) groups excluding carboxylic acids is 2. The van der Waals surface area contributed by atoms with Crippen LogP contribution in [0.25, 0.3) is 0 Å². The fraction of sp³-hybridized carbons (Fsp3) is 0.794. The number of fused-ring (bicyclic) bond motifs is 7. The van der Waals surface area contributed by atoms with Gasteiger partial charge in [0.1, 0.15) is 17.6 Å². The van der Waals surface area contributed by atoms with E-state index in [9.17, 15) is 19.5 Å². The summed E-state index contributed by atoms with van der Waals surface area (Å²) in [6.45, 7) is 18.9. The Morgan fingerprint density at radius 2 is 1.40 bits per heavy atom. The Hall–Kier alpha value is -2.11. The molecule has 5 aliphatic carbocycles. The minimum Gasteiger partial charge on any atom is -0.481 e. The van der Waals surface area contributed by atoms with E-state index < -0.39 is 23.5 Å². The van der Waals surface area contributed by atoms with Gasteiger partial charge < -0.3 is 14.6 Å². The van der Waals surface area contributed by atoms with Crippen molar-refractivity contribution < 1.29 is 29.0 Å². The maximum atomic E-state index is 12.7. The lowest BCUT2D eigenvalue weighted by molar-refractivity contribution is -0.185. The summed E-state index contributed by atoms with van der Waals surface area (Å²) in [7, 11) is 0. The highest BCUT2D eigenvalue weighted by Crippen LogP contribution is 2.74. The van der Waals surface area contributed by atoms with E-state index in [-0.39, 0.29) is 45.1 Å². The molecule has 0 amide bonds. The molecule has 1 N–H and O–H groups in total. The van der Waals surface area contributed by atoms with Gasteiger partial charge in [0.2, 0.25) is 0 Å². The lowest BCUT2D eigenvalue weighted by Crippen LogP contribution is -2.62. The lowest BCUT2D eigenvalue weighted by atomic mass is 9.36. The van der Waals surface area contributed by atoms with Crippen LogP contribution in [0.4, 0.5) is 0 Å². The maximum Gasteiger partial charge on any atom is 0.313 e. The molecule has 0 aromatic heterocycles. The van der Waals surface area contributed by atoms with Crippen LogP contribution in [0.3, 0.4) is 0 Å². The fourth-order valence-corrected chi connectivity index (χ4v) is 10.7. The second-order valence-corrected chi connectivity index (χ2v) is 15.8. The van der Waals surface area contributed by atoms with Crippen LogP contribution in [0, 0.1) is 44.3 Å². The Bertz CT molecular complexity index is 1200. The Balaban J connectivity index is 1.57. The normalized spacial score (nSPS) is 47.2. The van der Waals surface area contributed by atoms with Crippen molar-refractivity contribution in [1.29, 1.82) is 0 Å². The summed E-state index contributed by atoms with van der Waals surface area (Å²) in [6.07, 6.45) is 11.2. The van der Waals surface area contributed by atoms with Crippen molar-refractivity contribution in [2.75, 3.05) is 0 Å². The predicted molar refractivity (Wildman–Crippen MR) is 153 cm³/mol. The number of allylic oxidation sites excluding steroid dienone is 4. The third-order valence-electron chi connectivity index (χ3n) is 13.4. The van der Waals surface area contributed by atoms with E-state index in [1.54, 1.807) is 6.92 Å². The molecule has 0 heterocycles. The molecule has 9 atom stereocenters. The van der Waals surface area contributed by atoms with Gasteiger partial charge in [-0.3, -0.25) is 14.4 Å². The number of esters is 2. The van der Waals surface area contributed by atoms with Crippen molar-refractivity contribution in [2.45, 2.75) is 126 Å². The van der Waals surface area contributed by atoms with Gasteiger partial charge in [-0.15, -0.1) is 0 Å². The van der Waals surface area contributed by atoms with E-state index in [2.05, 4.69) is 53.7 Å². The van der Waals surface area contributed by atoms with Crippen LogP contribution in [0.5, 0.6) is 0 Å². The van der Waals surface area contributed by atoms with Crippen molar-refractivity contribution in [2.24, 2.45) is 44.3 Å². The van der Waals surface area contributed by atoms with Gasteiger partial charge in [0.05, 0.1) is 0 Å². The summed E-state index contributed by atoms with van der Waals surface area (Å²) < 4.78 is 11.6. The van der Waals surface area contributed by atoms with Gasteiger partial charge in [-0.05, 0) is 91.8 Å². The van der Waals surface area contributed by atoms with Crippen LogP contribution < -0.4 is 0 Å². The highest BCUT2D eigenvalue weighted by atomic mass is 16.5. The third kappa shape index (κ3) is 3.82. The summed E-state index contributed by atoms with van der Waals surface area (Å²) >= 11 is 0. The van der Waals surface area contributed by atoms with Gasteiger partial charge in [-0.2, -0.15) is 0 Å². The second kappa shape index (κ2) is 8.94. The second-order valence-electron chi connectivity index (χ2n) is 15.8. The van der Waals surface area contributed by atoms with Crippen LogP contribution in [0.2, 0.25) is 0 Å². The molecule has 0 spiro atoms. The summed E-state index contributed by atoms with van der Waals surface area (Å²) in [4.78, 5) is 36.6. The van der Waals surface area contributed by atoms with Gasteiger partial charge in [0.25, 0.3) is 0 Å². The van der Waals surface area contributed by atoms with E-state index >= 15 is 0 Å². The molecule has 0 aromatic carbocycles. The molecule has 0 aromatic rings. The standard InChI is InChI=1S/C34H50O6/c1-20(35)39-26-13-14-31(6)24(29(26,3)4)12-15-34(9)25(31)11-10-22-23-18-32(7,28(37)38)27(40-21(2)36)19-30(23,5)16-17-33(22,34)8/h10-11,23-24,26-27H,12-19H2,1-9H3,(H,37,38)/t23-,24-,26-,27+,30-,31-,32-,33+,34+/m0/s1. The zero-order valence-electron chi connectivity index (χ0n) is 26.1. The smallest absolute Gasteiger partial charge is 0.313 e. The van der Waals surface area contributed by atoms with Gasteiger partial charge in [-0.1, -0.05) is 64.8 Å². The fourth-order valence-electron chi connectivity index (χ4n) is 10.7. The number of carboxylic acids is 1. The molecule has 4 saturated carbocycles. The first-order valence-electron chi connectivity index (χ1n) is 15.4. The number of aliphatic carboxylic acids is 1. The highest BCUT2D eigenvalue weighted by Gasteiger charge is 2.67. The molecule has 0 aliphatic heterocycles. The van der Waals surface area contributed by atoms with Gasteiger partial charge in [-0.25, -0.2) is 0 Å². The average Bonchev–Trinajstić information content (AvgIpc) is 2.82. The maximum absolute atomic E-state index is 12.7. The minimum absolute atomic E-state index is 0.0154. The summed E-state index contributed by atoms with van der Waals surface area (Å²) in [5.74, 6) is -0.948. The summed E-state index contributed by atoms with van der Waals surface area (Å²) in [6, 6.07) is 0. The topological polar surface area (TPSA) is 89.9 Å². The zero-order valence-corrected chi connectivity index (χ0v) is 26.1. The zero-order chi connectivity index (χ0) is 29.7. The molecule has 5 aliphatic rings. The molecular weight excluding hydrogens is 504 g/mol. The molecule has 40 heavy (non-hydrogen) atoms. The van der Waals surface area contributed by atoms with Gasteiger partial charge >= 0.3 is 17.9 Å². The number of hydrogen-bond donors (Lipinski definition) is 1. The lowest BCUT2D eigenvalue weighted by Gasteiger charge is -2.68. The Morgan fingerprint density at radius 1 is 0.775 bits per heavy atom. The number of carbonyl (C=O) groups is 3. The van der Waals surface area contributed by atoms with E-state index in [1.165, 1.54) is 25.0 Å². The molecule has 0 saturated heterocycles. The van der Waals surface area contributed by atoms with Crippen molar-refractivity contribution in [1.82, 2.24) is 0 Å². The Morgan fingerprint density at radius 3 is 2.00 bits per heavy atom. The quantitative estimate of drug-likeness (QED) is 0.369. The largest absolute Gasteiger partial charge is 0.481 e. The van der Waals surface area contributed by atoms with Gasteiger partial charge in [0.15, 0.2) is 0 Å². The predicted octanol–water partition coefficient (Wildman–Crippen LogP) is 7.27. The van der Waals surface area contributed by atoms with E-state index in [1.807, 2.05) is 0 Å². The first kappa shape index (κ1) is 29.4. The average molecular weight is 555 g/mol. The molecule has 222 valence electrons. The highest BCUT2D eigenvalue weighted by molar-refractivity contribution is 5.76. The molecule has 0 unspecified atom stereocenters. The molecule has 5 rings (SSSR count). The summed E-state index contributed by atoms with van der Waals surface area (Å²) in [5, 5.41) is 10.4. The first-order chi connectivity index (χ1) is 18.3. The number of rotatable bonds is 3. The third-order valence-corrected chi connectivity index (χ3v) is 13.4. The summed E-state index contributed by atoms with van der Waals surface area (Å²) in [5.41, 5.74) is 1.50. The van der Waals surface area contributed by atoms with Crippen LogP contribution >= 0.6 is 0 Å². The monoisotopic (exact) mass is 554 g/mol. The molecule has 0 bridgehead atoms. The molecular formula is C34H50O6. The SMILES string of the molecule is CC(=O)O[C@H]1CC[C@]2(C)C3=CC=C4[C@@H]5C[C@](C)(C(=O)O)[C@H](OC(C)=O)C[C@]5(C)CC[C@@]4(C)[C@]3(C)CC[C@H]2C1(C)C. The van der Waals surface area contributed by atoms with Crippen LogP contribution in [0.1, 0.15) is 114 Å². The van der Waals surface area contributed by atoms with E-state index in [0.29, 0.717) is 18.8 Å². The van der Waals surface area contributed by atoms with Crippen molar-refractivity contribution >= 4 is 17.9 Å². The number of ether oxygens (including phenoxy) is 2. The van der Waals surface area contributed by atoms with Crippen LogP contribution in [-0.4, -0.2) is 35.2 Å². The van der Waals surface area contributed by atoms with Crippen molar-refractivity contribution in [3.63, 3.8) is 0 Å². The van der Waals surface area contributed by atoms with E-state index in [4.69, 9.17) is 9.47 Å². The molecule has 4 fully saturated rings. The van der Waals surface area contributed by atoms with Crippen LogP contribution in [0.15, 0.2) is 23.3 Å². The van der Waals surface area contributed by atoms with Crippen molar-refractivity contribution in [3.8, 4) is 0 Å². The minimum atomic E-state index is -1.12. The van der Waals surface area contributed by atoms with E-state index in [0.717, 1.165) is 38.5 Å². The number of hydrogen-bond acceptors (Lipinski definition) is 5. The van der Waals surface area contributed by atoms with Crippen molar-refractivity contribution in [3.05, 3.63) is 23.3 Å². The van der Waals surface area contributed by atoms with Gasteiger partial charge in [0, 0.05) is 19.3 Å².